The smallest absolute Gasteiger partial charge is 0.369 e. The van der Waals surface area contributed by atoms with Gasteiger partial charge in [0.15, 0.2) is 17.7 Å². The number of allylic oxidation sites excluding steroid dienone is 2. The van der Waals surface area contributed by atoms with Crippen molar-refractivity contribution in [1.29, 1.82) is 0 Å². The zero-order valence-electron chi connectivity index (χ0n) is 14.2. The third-order valence-electron chi connectivity index (χ3n) is 5.63. The number of alkyl halides is 3. The molecular weight excluding hydrogens is 335 g/mol. The summed E-state index contributed by atoms with van der Waals surface area (Å²) >= 11 is 0. The van der Waals surface area contributed by atoms with Crippen LogP contribution in [0.4, 0.5) is 13.2 Å². The summed E-state index contributed by atoms with van der Waals surface area (Å²) in [6.45, 7) is 4.19. The Kier molecular flexibility index (Phi) is 3.45. The molecule has 4 aliphatic rings. The van der Waals surface area contributed by atoms with Gasteiger partial charge in [-0.2, -0.15) is 18.3 Å². The maximum atomic E-state index is 13.4. The van der Waals surface area contributed by atoms with Crippen LogP contribution in [0.5, 0.6) is 0 Å². The van der Waals surface area contributed by atoms with Crippen LogP contribution in [-0.2, 0) is 9.53 Å². The number of rotatable bonds is 0. The molecule has 0 bridgehead atoms. The van der Waals surface area contributed by atoms with Gasteiger partial charge in [0.25, 0.3) is 0 Å². The van der Waals surface area contributed by atoms with E-state index in [2.05, 4.69) is 15.5 Å². The first-order valence-electron chi connectivity index (χ1n) is 8.46. The molecule has 8 heteroatoms. The van der Waals surface area contributed by atoms with Gasteiger partial charge in [-0.15, -0.1) is 5.11 Å². The van der Waals surface area contributed by atoms with Gasteiger partial charge < -0.3 is 10.1 Å². The topological polar surface area (TPSA) is 63.0 Å². The Morgan fingerprint density at radius 1 is 1.28 bits per heavy atom. The van der Waals surface area contributed by atoms with Gasteiger partial charge >= 0.3 is 6.18 Å². The van der Waals surface area contributed by atoms with Crippen molar-refractivity contribution in [2.24, 2.45) is 21.1 Å². The number of hydrogen-bond donors (Lipinski definition) is 1. The van der Waals surface area contributed by atoms with Crippen LogP contribution in [0.3, 0.4) is 0 Å². The molecular formula is C17H20F3N3O2. The number of ketones is 1. The Balaban J connectivity index is 1.84. The number of nitrogens with zero attached hydrogens (tertiary/aromatic N) is 2. The van der Waals surface area contributed by atoms with Crippen LogP contribution in [0.25, 0.3) is 0 Å². The van der Waals surface area contributed by atoms with Crippen LogP contribution in [-0.4, -0.2) is 31.2 Å². The summed E-state index contributed by atoms with van der Waals surface area (Å²) in [7, 11) is 0. The zero-order chi connectivity index (χ0) is 18.0. The normalized spacial score (nSPS) is 34.3. The highest BCUT2D eigenvalue weighted by molar-refractivity contribution is 6.00. The number of hydrogen-bond acceptors (Lipinski definition) is 5. The first-order chi connectivity index (χ1) is 11.6. The van der Waals surface area contributed by atoms with Crippen molar-refractivity contribution >= 4 is 5.78 Å². The number of carbonyl (C=O) groups is 1. The van der Waals surface area contributed by atoms with Gasteiger partial charge in [0.1, 0.15) is 0 Å². The quantitative estimate of drug-likeness (QED) is 0.722. The molecule has 136 valence electrons. The second-order valence-electron chi connectivity index (χ2n) is 8.08. The monoisotopic (exact) mass is 355 g/mol. The minimum atomic E-state index is -4.45. The van der Waals surface area contributed by atoms with Crippen molar-refractivity contribution in [2.45, 2.75) is 51.8 Å². The van der Waals surface area contributed by atoms with Crippen LogP contribution in [0.15, 0.2) is 32.9 Å². The molecule has 1 fully saturated rings. The maximum Gasteiger partial charge on any atom is 0.414 e. The molecule has 2 atom stereocenters. The number of halogens is 3. The van der Waals surface area contributed by atoms with E-state index in [1.54, 1.807) is 0 Å². The van der Waals surface area contributed by atoms with Crippen LogP contribution in [0, 0.1) is 10.8 Å². The average molecular weight is 355 g/mol. The zero-order valence-corrected chi connectivity index (χ0v) is 14.2. The summed E-state index contributed by atoms with van der Waals surface area (Å²) in [5.74, 6) is 0.451. The molecule has 0 saturated carbocycles. The number of fused-ring (bicyclic) bond motifs is 2. The number of dihydropyridines is 1. The molecule has 0 aromatic carbocycles. The summed E-state index contributed by atoms with van der Waals surface area (Å²) in [6, 6.07) is 0. The minimum absolute atomic E-state index is 0.0333. The predicted molar refractivity (Wildman–Crippen MR) is 82.4 cm³/mol. The highest BCUT2D eigenvalue weighted by atomic mass is 19.4. The Labute approximate surface area is 143 Å². The van der Waals surface area contributed by atoms with Crippen molar-refractivity contribution in [3.63, 3.8) is 0 Å². The Morgan fingerprint density at radius 3 is 2.76 bits per heavy atom. The van der Waals surface area contributed by atoms with Gasteiger partial charge in [0.05, 0.1) is 6.54 Å². The first-order valence-corrected chi connectivity index (χ1v) is 8.46. The Morgan fingerprint density at radius 2 is 2.04 bits per heavy atom. The Bertz CT molecular complexity index is 736. The third kappa shape index (κ3) is 2.53. The van der Waals surface area contributed by atoms with E-state index in [9.17, 15) is 18.0 Å². The molecule has 1 saturated heterocycles. The fraction of sp³-hybridized carbons (Fsp3) is 0.706. The summed E-state index contributed by atoms with van der Waals surface area (Å²) in [6.07, 6.45) is -5.29. The van der Waals surface area contributed by atoms with E-state index in [-0.39, 0.29) is 30.8 Å². The molecule has 0 aromatic rings. The standard InChI is InChI=1S/C17H20F3N3O2/c1-15(2)5-10-13(11(24)6-15)16(9-8-21-23-14(9)22-10)3-4-25-12(7-16)17(18,19)20/h12,22H,3-8H2,1-2H3/t12-,16+/m1/s1. The average Bonchev–Trinajstić information content (AvgIpc) is 2.93. The van der Waals surface area contributed by atoms with Gasteiger partial charge in [-0.1, -0.05) is 13.8 Å². The summed E-state index contributed by atoms with van der Waals surface area (Å²) in [5.41, 5.74) is 0.730. The number of Topliss-reactive ketones (excluding diaryl/α,β-unsaturated/α-hetero) is 1. The van der Waals surface area contributed by atoms with E-state index in [0.29, 0.717) is 41.9 Å². The number of azo groups is 1. The fourth-order valence-electron chi connectivity index (χ4n) is 4.63. The molecule has 0 aromatic heterocycles. The van der Waals surface area contributed by atoms with E-state index in [4.69, 9.17) is 4.74 Å². The molecule has 3 heterocycles. The summed E-state index contributed by atoms with van der Waals surface area (Å²) in [5, 5.41) is 11.3. The van der Waals surface area contributed by atoms with E-state index in [1.807, 2.05) is 13.8 Å². The largest absolute Gasteiger partial charge is 0.414 e. The van der Waals surface area contributed by atoms with Gasteiger partial charge in [0, 0.05) is 35.3 Å². The van der Waals surface area contributed by atoms with Gasteiger partial charge in [-0.3, -0.25) is 4.79 Å². The Hall–Kier alpha value is -1.70. The van der Waals surface area contributed by atoms with Crippen molar-refractivity contribution in [2.75, 3.05) is 13.2 Å². The molecule has 25 heavy (non-hydrogen) atoms. The van der Waals surface area contributed by atoms with Gasteiger partial charge in [-0.25, -0.2) is 0 Å². The number of carbonyl (C=O) groups excluding carboxylic acids is 1. The molecule has 0 unspecified atom stereocenters. The lowest BCUT2D eigenvalue weighted by Gasteiger charge is -2.49. The van der Waals surface area contributed by atoms with Crippen LogP contribution in [0.2, 0.25) is 0 Å². The molecule has 0 amide bonds. The van der Waals surface area contributed by atoms with Crippen LogP contribution in [0.1, 0.15) is 39.5 Å². The second kappa shape index (κ2) is 5.16. The highest BCUT2D eigenvalue weighted by Crippen LogP contribution is 2.56. The van der Waals surface area contributed by atoms with Crippen molar-refractivity contribution in [1.82, 2.24) is 5.32 Å². The lowest BCUT2D eigenvalue weighted by Crippen LogP contribution is -2.50. The van der Waals surface area contributed by atoms with Crippen molar-refractivity contribution in [3.05, 3.63) is 22.7 Å². The molecule has 1 N–H and O–H groups in total. The van der Waals surface area contributed by atoms with Gasteiger partial charge in [-0.05, 0) is 24.7 Å². The van der Waals surface area contributed by atoms with E-state index < -0.39 is 17.7 Å². The predicted octanol–water partition coefficient (Wildman–Crippen LogP) is 3.64. The molecule has 4 rings (SSSR count). The van der Waals surface area contributed by atoms with Crippen LogP contribution >= 0.6 is 0 Å². The van der Waals surface area contributed by atoms with Crippen LogP contribution < -0.4 is 5.32 Å². The SMILES string of the molecule is CC1(C)CC(=O)C2=C(C1)NC1=C(CN=N1)[C@@]21CCO[C@@H](C(F)(F)F)C1. The lowest BCUT2D eigenvalue weighted by molar-refractivity contribution is -0.239. The van der Waals surface area contributed by atoms with Crippen molar-refractivity contribution in [3.8, 4) is 0 Å². The van der Waals surface area contributed by atoms with E-state index in [0.717, 1.165) is 0 Å². The first kappa shape index (κ1) is 16.8. The van der Waals surface area contributed by atoms with E-state index >= 15 is 0 Å². The van der Waals surface area contributed by atoms with E-state index in [1.165, 1.54) is 0 Å². The molecule has 1 spiro atoms. The molecule has 3 aliphatic heterocycles. The lowest BCUT2D eigenvalue weighted by atomic mass is 9.59. The minimum Gasteiger partial charge on any atom is -0.369 e. The van der Waals surface area contributed by atoms with Crippen molar-refractivity contribution < 1.29 is 22.7 Å². The number of ether oxygens (including phenoxy) is 1. The maximum absolute atomic E-state index is 13.4. The molecule has 5 nitrogen and oxygen atoms in total. The molecule has 1 aliphatic carbocycles. The molecule has 0 radical (unpaired) electrons. The summed E-state index contributed by atoms with van der Waals surface area (Å²) < 4.78 is 45.1. The third-order valence-corrected chi connectivity index (χ3v) is 5.63. The number of nitrogens with one attached hydrogen (secondary N) is 1. The highest BCUT2D eigenvalue weighted by Gasteiger charge is 2.57. The second-order valence-corrected chi connectivity index (χ2v) is 8.08. The van der Waals surface area contributed by atoms with Gasteiger partial charge in [0.2, 0.25) is 0 Å². The summed E-state index contributed by atoms with van der Waals surface area (Å²) in [4.78, 5) is 13.0. The fourth-order valence-corrected chi connectivity index (χ4v) is 4.63.